The lowest BCUT2D eigenvalue weighted by Crippen LogP contribution is -2.55. The van der Waals surface area contributed by atoms with E-state index < -0.39 is 17.6 Å². The van der Waals surface area contributed by atoms with Crippen LogP contribution in [0.15, 0.2) is 35.6 Å². The van der Waals surface area contributed by atoms with Crippen molar-refractivity contribution in [3.8, 4) is 0 Å². The van der Waals surface area contributed by atoms with Crippen LogP contribution in [0.4, 0.5) is 23.2 Å². The average molecular weight is 540 g/mol. The Hall–Kier alpha value is -2.38. The van der Waals surface area contributed by atoms with Crippen LogP contribution in [0.25, 0.3) is 0 Å². The summed E-state index contributed by atoms with van der Waals surface area (Å²) in [6.45, 7) is 0.633. The van der Waals surface area contributed by atoms with Crippen molar-refractivity contribution in [2.75, 3.05) is 31.6 Å². The molecule has 12 heteroatoms. The van der Waals surface area contributed by atoms with E-state index in [0.717, 1.165) is 12.1 Å². The van der Waals surface area contributed by atoms with Crippen molar-refractivity contribution in [2.24, 2.45) is 12.0 Å². The lowest BCUT2D eigenvalue weighted by atomic mass is 10.1. The number of aryl methyl sites for hydroxylation is 1. The molecule has 0 radical (unpaired) electrons. The van der Waals surface area contributed by atoms with Crippen molar-refractivity contribution < 1.29 is 22.4 Å². The van der Waals surface area contributed by atoms with Gasteiger partial charge in [-0.25, -0.2) is 4.39 Å². The molecule has 0 spiro atoms. The van der Waals surface area contributed by atoms with Gasteiger partial charge in [-0.1, -0.05) is 6.07 Å². The maximum absolute atomic E-state index is 13.3. The third-order valence-corrected chi connectivity index (χ3v) is 4.55. The molecule has 7 nitrogen and oxygen atoms in total. The molecular weight excluding hydrogens is 519 g/mol. The highest BCUT2D eigenvalue weighted by molar-refractivity contribution is 14.0. The summed E-state index contributed by atoms with van der Waals surface area (Å²) in [6, 6.07) is 2.53. The minimum atomic E-state index is -4.67. The van der Waals surface area contributed by atoms with Crippen LogP contribution in [-0.2, 0) is 24.6 Å². The molecule has 0 saturated carbocycles. The topological polar surface area (TPSA) is 65.8 Å². The first-order valence-corrected chi connectivity index (χ1v) is 8.79. The summed E-state index contributed by atoms with van der Waals surface area (Å²) in [5, 5.41) is 6.88. The lowest BCUT2D eigenvalue weighted by molar-refractivity contribution is -0.138. The Balaban J connectivity index is 0.00000320. The van der Waals surface area contributed by atoms with Crippen molar-refractivity contribution in [3.63, 3.8) is 0 Å². The zero-order valence-electron chi connectivity index (χ0n) is 16.3. The fourth-order valence-corrected chi connectivity index (χ4v) is 3.15. The Kier molecular flexibility index (Phi) is 7.66. The average Bonchev–Trinajstić information content (AvgIpc) is 3.08. The SMILES string of the molecule is CN=C(NCc1ccc(F)cc1C(F)(F)F)N1CCN(c2cnn(C)c2)C(=O)C1.I. The molecule has 3 rings (SSSR count). The van der Waals surface area contributed by atoms with Crippen LogP contribution in [0.2, 0.25) is 0 Å². The van der Waals surface area contributed by atoms with Gasteiger partial charge in [-0.3, -0.25) is 14.5 Å². The Labute approximate surface area is 187 Å². The second-order valence-corrected chi connectivity index (χ2v) is 6.54. The summed E-state index contributed by atoms with van der Waals surface area (Å²) >= 11 is 0. The van der Waals surface area contributed by atoms with E-state index in [1.807, 2.05) is 0 Å². The van der Waals surface area contributed by atoms with Crippen LogP contribution in [0.1, 0.15) is 11.1 Å². The number of hydrogen-bond donors (Lipinski definition) is 1. The number of aromatic nitrogens is 2. The van der Waals surface area contributed by atoms with Crippen LogP contribution in [-0.4, -0.2) is 53.2 Å². The van der Waals surface area contributed by atoms with Crippen LogP contribution < -0.4 is 10.2 Å². The summed E-state index contributed by atoms with van der Waals surface area (Å²) in [6.07, 6.45) is -1.35. The number of carbonyl (C=O) groups is 1. The Morgan fingerprint density at radius 1 is 1.30 bits per heavy atom. The molecule has 30 heavy (non-hydrogen) atoms. The van der Waals surface area contributed by atoms with Gasteiger partial charge < -0.3 is 15.1 Å². The predicted octanol–water partition coefficient (Wildman–Crippen LogP) is 2.62. The quantitative estimate of drug-likeness (QED) is 0.282. The van der Waals surface area contributed by atoms with E-state index in [1.165, 1.54) is 7.05 Å². The molecule has 1 aromatic carbocycles. The number of benzene rings is 1. The number of amides is 1. The maximum atomic E-state index is 13.3. The summed E-state index contributed by atoms with van der Waals surface area (Å²) in [5.74, 6) is -0.839. The van der Waals surface area contributed by atoms with Crippen LogP contribution in [0, 0.1) is 5.82 Å². The van der Waals surface area contributed by atoms with E-state index in [4.69, 9.17) is 0 Å². The number of nitrogens with one attached hydrogen (secondary N) is 1. The van der Waals surface area contributed by atoms with Gasteiger partial charge in [0.2, 0.25) is 5.91 Å². The van der Waals surface area contributed by atoms with Crippen LogP contribution in [0.5, 0.6) is 0 Å². The van der Waals surface area contributed by atoms with Gasteiger partial charge in [-0.2, -0.15) is 18.3 Å². The van der Waals surface area contributed by atoms with Crippen molar-refractivity contribution in [1.82, 2.24) is 20.0 Å². The standard InChI is InChI=1S/C18H20F4N6O.HI/c1-23-17(24-8-12-3-4-13(19)7-15(12)18(20,21)22)27-5-6-28(16(29)11-27)14-9-25-26(2)10-14;/h3-4,7,9-10H,5-6,8,11H2,1-2H3,(H,23,24);1H. The zero-order chi connectivity index (χ0) is 21.2. The second kappa shape index (κ2) is 9.62. The number of rotatable bonds is 3. The van der Waals surface area contributed by atoms with E-state index in [-0.39, 0.29) is 48.5 Å². The van der Waals surface area contributed by atoms with E-state index in [1.54, 1.807) is 33.9 Å². The molecule has 0 aliphatic carbocycles. The number of nitrogens with zero attached hydrogens (tertiary/aromatic N) is 5. The highest BCUT2D eigenvalue weighted by Crippen LogP contribution is 2.32. The van der Waals surface area contributed by atoms with E-state index in [9.17, 15) is 22.4 Å². The lowest BCUT2D eigenvalue weighted by Gasteiger charge is -2.35. The number of guanidine groups is 1. The molecule has 1 amide bonds. The van der Waals surface area contributed by atoms with Crippen LogP contribution >= 0.6 is 24.0 Å². The molecule has 1 aromatic heterocycles. The fourth-order valence-electron chi connectivity index (χ4n) is 3.15. The number of piperazine rings is 1. The largest absolute Gasteiger partial charge is 0.416 e. The second-order valence-electron chi connectivity index (χ2n) is 6.54. The molecule has 1 saturated heterocycles. The van der Waals surface area contributed by atoms with Gasteiger partial charge in [0.15, 0.2) is 5.96 Å². The van der Waals surface area contributed by atoms with Gasteiger partial charge in [0.05, 0.1) is 17.4 Å². The van der Waals surface area contributed by atoms with Crippen molar-refractivity contribution in [2.45, 2.75) is 12.7 Å². The van der Waals surface area contributed by atoms with E-state index in [2.05, 4.69) is 15.4 Å². The molecule has 0 atom stereocenters. The molecule has 164 valence electrons. The molecule has 2 heterocycles. The van der Waals surface area contributed by atoms with Crippen molar-refractivity contribution in [1.29, 1.82) is 0 Å². The number of alkyl halides is 3. The van der Waals surface area contributed by atoms with E-state index in [0.29, 0.717) is 30.8 Å². The minimum Gasteiger partial charge on any atom is -0.352 e. The van der Waals surface area contributed by atoms with Crippen LogP contribution in [0.3, 0.4) is 0 Å². The molecule has 1 N–H and O–H groups in total. The Morgan fingerprint density at radius 3 is 2.60 bits per heavy atom. The Bertz CT molecular complexity index is 930. The summed E-state index contributed by atoms with van der Waals surface area (Å²) in [4.78, 5) is 19.8. The summed E-state index contributed by atoms with van der Waals surface area (Å²) in [7, 11) is 3.23. The fraction of sp³-hybridized carbons (Fsp3) is 0.389. The molecule has 2 aromatic rings. The first kappa shape index (κ1) is 23.9. The van der Waals surface area contributed by atoms with Gasteiger partial charge in [-0.05, 0) is 17.7 Å². The minimum absolute atomic E-state index is 0. The molecular formula is C18H21F4IN6O. The number of carbonyl (C=O) groups excluding carboxylic acids is 1. The smallest absolute Gasteiger partial charge is 0.352 e. The highest BCUT2D eigenvalue weighted by Gasteiger charge is 2.34. The number of aliphatic imine (C=N–C) groups is 1. The monoisotopic (exact) mass is 540 g/mol. The molecule has 1 fully saturated rings. The summed E-state index contributed by atoms with van der Waals surface area (Å²) < 4.78 is 54.3. The molecule has 1 aliphatic heterocycles. The Morgan fingerprint density at radius 2 is 2.03 bits per heavy atom. The molecule has 0 unspecified atom stereocenters. The predicted molar refractivity (Wildman–Crippen MR) is 114 cm³/mol. The first-order valence-electron chi connectivity index (χ1n) is 8.79. The number of halogens is 5. The van der Waals surface area contributed by atoms with Gasteiger partial charge in [0, 0.05) is 39.9 Å². The van der Waals surface area contributed by atoms with Gasteiger partial charge >= 0.3 is 6.18 Å². The van der Waals surface area contributed by atoms with Gasteiger partial charge in [-0.15, -0.1) is 24.0 Å². The third-order valence-electron chi connectivity index (χ3n) is 4.55. The van der Waals surface area contributed by atoms with Gasteiger partial charge in [0.25, 0.3) is 0 Å². The van der Waals surface area contributed by atoms with Crippen molar-refractivity contribution in [3.05, 3.63) is 47.5 Å². The van der Waals surface area contributed by atoms with Crippen molar-refractivity contribution >= 4 is 41.5 Å². The molecule has 1 aliphatic rings. The molecule has 0 bridgehead atoms. The van der Waals surface area contributed by atoms with Gasteiger partial charge in [0.1, 0.15) is 12.4 Å². The highest BCUT2D eigenvalue weighted by atomic mass is 127. The normalized spacial score (nSPS) is 15.3. The maximum Gasteiger partial charge on any atom is 0.416 e. The summed E-state index contributed by atoms with van der Waals surface area (Å²) in [5.41, 5.74) is -0.473. The third kappa shape index (κ3) is 5.40. The zero-order valence-corrected chi connectivity index (χ0v) is 18.6. The first-order chi connectivity index (χ1) is 13.7. The number of hydrogen-bond acceptors (Lipinski definition) is 3. The number of anilines is 1. The van der Waals surface area contributed by atoms with E-state index >= 15 is 0 Å².